The predicted molar refractivity (Wildman–Crippen MR) is 177 cm³/mol. The fourth-order valence-electron chi connectivity index (χ4n) is 6.26. The lowest BCUT2D eigenvalue weighted by molar-refractivity contribution is -0.134. The van der Waals surface area contributed by atoms with E-state index in [1.165, 1.54) is 24.4 Å². The van der Waals surface area contributed by atoms with Gasteiger partial charge in [-0.3, -0.25) is 19.3 Å². The normalized spacial score (nSPS) is 19.2. The van der Waals surface area contributed by atoms with E-state index in [1.807, 2.05) is 4.90 Å². The number of hydrogen-bond donors (Lipinski definition) is 1. The van der Waals surface area contributed by atoms with E-state index in [1.54, 1.807) is 17.0 Å². The van der Waals surface area contributed by atoms with Crippen LogP contribution in [0.5, 0.6) is 0 Å². The van der Waals surface area contributed by atoms with Gasteiger partial charge in [0.2, 0.25) is 11.8 Å². The van der Waals surface area contributed by atoms with Crippen molar-refractivity contribution in [1.29, 1.82) is 0 Å². The highest BCUT2D eigenvalue weighted by Gasteiger charge is 2.31. The highest BCUT2D eigenvalue weighted by molar-refractivity contribution is 8.00. The first-order chi connectivity index (χ1) is 22.5. The lowest BCUT2D eigenvalue weighted by Gasteiger charge is -2.39. The number of aromatic nitrogens is 1. The van der Waals surface area contributed by atoms with Gasteiger partial charge in [0, 0.05) is 88.6 Å². The number of pyridine rings is 1. The number of hydrogen-bond acceptors (Lipinski definition) is 8. The first-order valence-corrected chi connectivity index (χ1v) is 17.2. The molecule has 1 N–H and O–H groups in total. The molecule has 0 radical (unpaired) electrons. The predicted octanol–water partition coefficient (Wildman–Crippen LogP) is 3.78. The molecule has 0 aliphatic carbocycles. The van der Waals surface area contributed by atoms with Crippen molar-refractivity contribution in [1.82, 2.24) is 29.5 Å². The van der Waals surface area contributed by atoms with Crippen LogP contribution in [0.25, 0.3) is 11.1 Å². The Kier molecular flexibility index (Phi) is 12.0. The molecule has 4 heterocycles. The van der Waals surface area contributed by atoms with Gasteiger partial charge < -0.3 is 24.9 Å². The first-order valence-electron chi connectivity index (χ1n) is 15.9. The van der Waals surface area contributed by atoms with E-state index in [0.29, 0.717) is 36.7 Å². The van der Waals surface area contributed by atoms with Gasteiger partial charge in [0.05, 0.1) is 12.2 Å². The minimum Gasteiger partial charge on any atom is -0.339 e. The average molecular weight is 696 g/mol. The van der Waals surface area contributed by atoms with Crippen molar-refractivity contribution < 1.29 is 27.6 Å². The molecule has 1 aromatic carbocycles. The van der Waals surface area contributed by atoms with Crippen molar-refractivity contribution in [2.75, 3.05) is 96.8 Å². The molecule has 10 nitrogen and oxygen atoms in total. The molecule has 0 saturated carbocycles. The maximum Gasteiger partial charge on any atom is 0.446 e. The molecule has 3 saturated heterocycles. The SMILES string of the molecule is CN1CCN(C(=O)CN2CCN(CC3CCN(C(=O)c4ncc(-c5cccc(SC(F)(F)F)c5)cc4NC(=O)CCl)CC3)CC2)CC1. The van der Waals surface area contributed by atoms with Crippen LogP contribution in [0.4, 0.5) is 18.9 Å². The number of piperazine rings is 2. The molecule has 256 valence electrons. The summed E-state index contributed by atoms with van der Waals surface area (Å²) in [6.45, 7) is 9.49. The minimum atomic E-state index is -4.43. The second-order valence-electron chi connectivity index (χ2n) is 12.4. The molecule has 0 spiro atoms. The van der Waals surface area contributed by atoms with Crippen LogP contribution >= 0.6 is 23.4 Å². The lowest BCUT2D eigenvalue weighted by atomic mass is 9.95. The average Bonchev–Trinajstić information content (AvgIpc) is 3.05. The zero-order valence-corrected chi connectivity index (χ0v) is 28.0. The summed E-state index contributed by atoms with van der Waals surface area (Å²) in [6.07, 6.45) is 3.10. The van der Waals surface area contributed by atoms with Crippen LogP contribution in [0.15, 0.2) is 41.4 Å². The molecule has 5 rings (SSSR count). The van der Waals surface area contributed by atoms with E-state index >= 15 is 0 Å². The number of piperidine rings is 1. The Morgan fingerprint density at radius 2 is 1.60 bits per heavy atom. The summed E-state index contributed by atoms with van der Waals surface area (Å²) in [5.74, 6) is -0.525. The second kappa shape index (κ2) is 16.0. The van der Waals surface area contributed by atoms with Crippen LogP contribution in [0, 0.1) is 5.92 Å². The Balaban J connectivity index is 1.14. The molecular weight excluding hydrogens is 655 g/mol. The summed E-state index contributed by atoms with van der Waals surface area (Å²) in [4.78, 5) is 53.6. The van der Waals surface area contributed by atoms with Crippen LogP contribution in [0.2, 0.25) is 0 Å². The van der Waals surface area contributed by atoms with Crippen LogP contribution < -0.4 is 5.32 Å². The van der Waals surface area contributed by atoms with Gasteiger partial charge >= 0.3 is 5.51 Å². The van der Waals surface area contributed by atoms with Crippen LogP contribution in [0.3, 0.4) is 0 Å². The van der Waals surface area contributed by atoms with E-state index < -0.39 is 11.4 Å². The molecule has 0 bridgehead atoms. The zero-order chi connectivity index (χ0) is 33.6. The quantitative estimate of drug-likeness (QED) is 0.313. The minimum absolute atomic E-state index is 0.0163. The smallest absolute Gasteiger partial charge is 0.339 e. The van der Waals surface area contributed by atoms with E-state index in [2.05, 4.69) is 32.0 Å². The monoisotopic (exact) mass is 695 g/mol. The number of carbonyl (C=O) groups is 3. The highest BCUT2D eigenvalue weighted by atomic mass is 35.5. The number of anilines is 1. The van der Waals surface area contributed by atoms with Crippen LogP contribution in [-0.4, -0.2) is 144 Å². The van der Waals surface area contributed by atoms with Gasteiger partial charge in [0.1, 0.15) is 5.88 Å². The number of carbonyl (C=O) groups excluding carboxylic acids is 3. The Morgan fingerprint density at radius 3 is 2.26 bits per heavy atom. The molecule has 3 amide bonds. The summed E-state index contributed by atoms with van der Waals surface area (Å²) in [7, 11) is 2.08. The van der Waals surface area contributed by atoms with Gasteiger partial charge in [-0.05, 0) is 61.3 Å². The van der Waals surface area contributed by atoms with Crippen molar-refractivity contribution in [2.45, 2.75) is 23.2 Å². The largest absolute Gasteiger partial charge is 0.446 e. The number of alkyl halides is 4. The summed E-state index contributed by atoms with van der Waals surface area (Å²) in [6, 6.07) is 7.46. The molecule has 2 aromatic rings. The fourth-order valence-corrected chi connectivity index (χ4v) is 6.92. The summed E-state index contributed by atoms with van der Waals surface area (Å²) >= 11 is 5.51. The maximum absolute atomic E-state index is 13.6. The van der Waals surface area contributed by atoms with E-state index in [9.17, 15) is 27.6 Å². The number of rotatable bonds is 9. The Labute approximate surface area is 282 Å². The molecule has 3 aliphatic rings. The highest BCUT2D eigenvalue weighted by Crippen LogP contribution is 2.38. The third-order valence-electron chi connectivity index (χ3n) is 8.98. The third-order valence-corrected chi connectivity index (χ3v) is 9.95. The van der Waals surface area contributed by atoms with Gasteiger partial charge in [0.15, 0.2) is 5.69 Å². The maximum atomic E-state index is 13.6. The fraction of sp³-hybridized carbons (Fsp3) is 0.562. The molecule has 0 unspecified atom stereocenters. The van der Waals surface area contributed by atoms with Crippen molar-refractivity contribution in [3.63, 3.8) is 0 Å². The molecule has 47 heavy (non-hydrogen) atoms. The molecule has 3 fully saturated rings. The number of halogens is 4. The lowest BCUT2D eigenvalue weighted by Crippen LogP contribution is -2.53. The summed E-state index contributed by atoms with van der Waals surface area (Å²) < 4.78 is 38.8. The Bertz CT molecular complexity index is 1410. The number of likely N-dealkylation sites (tertiary alicyclic amines) is 1. The van der Waals surface area contributed by atoms with Gasteiger partial charge in [0.25, 0.3) is 5.91 Å². The zero-order valence-electron chi connectivity index (χ0n) is 26.5. The van der Waals surface area contributed by atoms with Crippen molar-refractivity contribution in [2.24, 2.45) is 5.92 Å². The molecule has 0 atom stereocenters. The Hall–Kier alpha value is -2.91. The Morgan fingerprint density at radius 1 is 0.915 bits per heavy atom. The standard InChI is InChI=1S/C32H41ClF3N7O3S/c1-39-9-15-42(16-10-39)29(45)22-41-13-11-40(12-14-41)21-23-5-7-43(8-6-23)31(46)30-27(38-28(44)19-33)18-25(20-37-30)24-3-2-4-26(17-24)47-32(34,35)36/h2-4,17-18,20,23H,5-16,19,21-22H2,1H3,(H,38,44). The molecular formula is C32H41ClF3N7O3S. The number of likely N-dealkylation sites (N-methyl/N-ethyl adjacent to an activating group) is 1. The molecule has 3 aliphatic heterocycles. The number of thioether (sulfide) groups is 1. The summed E-state index contributed by atoms with van der Waals surface area (Å²) in [5.41, 5.74) is -3.28. The van der Waals surface area contributed by atoms with Crippen molar-refractivity contribution >= 4 is 46.8 Å². The van der Waals surface area contributed by atoms with Gasteiger partial charge in [-0.2, -0.15) is 13.2 Å². The second-order valence-corrected chi connectivity index (χ2v) is 13.8. The van der Waals surface area contributed by atoms with Crippen molar-refractivity contribution in [3.8, 4) is 11.1 Å². The number of amides is 3. The summed E-state index contributed by atoms with van der Waals surface area (Å²) in [5, 5.41) is 2.64. The van der Waals surface area contributed by atoms with Crippen LogP contribution in [0.1, 0.15) is 23.3 Å². The number of nitrogens with one attached hydrogen (secondary N) is 1. The number of nitrogens with zero attached hydrogens (tertiary/aromatic N) is 6. The topological polar surface area (TPSA) is 92.3 Å². The van der Waals surface area contributed by atoms with E-state index in [-0.39, 0.29) is 45.7 Å². The molecule has 15 heteroatoms. The van der Waals surface area contributed by atoms with Gasteiger partial charge in [-0.15, -0.1) is 11.6 Å². The van der Waals surface area contributed by atoms with Gasteiger partial charge in [-0.1, -0.05) is 12.1 Å². The van der Waals surface area contributed by atoms with E-state index in [4.69, 9.17) is 11.6 Å². The molecule has 1 aromatic heterocycles. The van der Waals surface area contributed by atoms with Crippen molar-refractivity contribution in [3.05, 3.63) is 42.2 Å². The van der Waals surface area contributed by atoms with Gasteiger partial charge in [-0.25, -0.2) is 4.98 Å². The van der Waals surface area contributed by atoms with Crippen LogP contribution in [-0.2, 0) is 9.59 Å². The third kappa shape index (κ3) is 10.0. The first kappa shape index (κ1) is 35.4. The number of benzene rings is 1. The van der Waals surface area contributed by atoms with E-state index in [0.717, 1.165) is 71.7 Å².